The van der Waals surface area contributed by atoms with Crippen LogP contribution >= 0.6 is 11.6 Å². The minimum atomic E-state index is -1.33. The maximum Gasteiger partial charge on any atom is 0.405 e. The number of nitrogens with one attached hydrogen (secondary N) is 3. The molecule has 1 fully saturated rings. The molecule has 4 N–H and O–H groups in total. The molecule has 0 radical (unpaired) electrons. The highest BCUT2D eigenvalue weighted by Gasteiger charge is 2.36. The van der Waals surface area contributed by atoms with Gasteiger partial charge in [-0.15, -0.1) is 0 Å². The molecule has 0 aliphatic heterocycles. The summed E-state index contributed by atoms with van der Waals surface area (Å²) in [6.45, 7) is 6.33. The van der Waals surface area contributed by atoms with Crippen molar-refractivity contribution >= 4 is 57.8 Å². The maximum absolute atomic E-state index is 14.3. The Kier molecular flexibility index (Phi) is 9.62. The van der Waals surface area contributed by atoms with Crippen molar-refractivity contribution in [2.45, 2.75) is 65.1 Å². The van der Waals surface area contributed by atoms with Crippen molar-refractivity contribution in [2.75, 3.05) is 18.4 Å². The number of hydrogen-bond acceptors (Lipinski definition) is 5. The zero-order valence-electron chi connectivity index (χ0n) is 24.9. The fraction of sp³-hybridized carbons (Fsp3) is 0.387. The van der Waals surface area contributed by atoms with Crippen LogP contribution in [0.15, 0.2) is 36.4 Å². The van der Waals surface area contributed by atoms with Crippen molar-refractivity contribution in [3.05, 3.63) is 64.1 Å². The summed E-state index contributed by atoms with van der Waals surface area (Å²) in [5, 5.41) is 16.5. The van der Waals surface area contributed by atoms with E-state index in [1.54, 1.807) is 28.8 Å². The van der Waals surface area contributed by atoms with Crippen molar-refractivity contribution in [3.8, 4) is 0 Å². The van der Waals surface area contributed by atoms with Crippen LogP contribution in [0.4, 0.5) is 14.9 Å². The van der Waals surface area contributed by atoms with Gasteiger partial charge < -0.3 is 30.5 Å². The number of halogens is 2. The predicted octanol–water partition coefficient (Wildman–Crippen LogP) is 4.45. The number of carbonyl (C=O) groups excluding carboxylic acids is 4. The van der Waals surface area contributed by atoms with E-state index in [0.29, 0.717) is 27.8 Å². The lowest BCUT2D eigenvalue weighted by atomic mass is 9.87. The fourth-order valence-corrected chi connectivity index (χ4v) is 5.41. The molecule has 4 amide bonds. The SMILES string of the molecule is CC(=O)c1c(C(C)(C)C)n(CC(=O)N(CC(=O)NCc2cccc(Cl)c2F)C2CC2)c2ccc(NC(=O)CNC(=O)O)cc12. The summed E-state index contributed by atoms with van der Waals surface area (Å²) < 4.78 is 16.1. The number of benzene rings is 2. The normalized spacial score (nSPS) is 13.0. The molecule has 13 heteroatoms. The van der Waals surface area contributed by atoms with Gasteiger partial charge in [-0.05, 0) is 44.0 Å². The number of ketones is 1. The molecule has 1 saturated carbocycles. The van der Waals surface area contributed by atoms with E-state index in [2.05, 4.69) is 10.6 Å². The van der Waals surface area contributed by atoms with E-state index in [1.165, 1.54) is 24.0 Å². The van der Waals surface area contributed by atoms with Gasteiger partial charge in [0.1, 0.15) is 18.9 Å². The largest absolute Gasteiger partial charge is 0.465 e. The van der Waals surface area contributed by atoms with Crippen LogP contribution in [0.1, 0.15) is 62.2 Å². The molecule has 3 aromatic rings. The molecular weight excluding hydrogens is 593 g/mol. The minimum absolute atomic E-state index is 0.0465. The number of anilines is 1. The first kappa shape index (κ1) is 32.5. The molecule has 1 aliphatic carbocycles. The van der Waals surface area contributed by atoms with E-state index >= 15 is 0 Å². The third-order valence-corrected chi connectivity index (χ3v) is 7.52. The van der Waals surface area contributed by atoms with Gasteiger partial charge in [-0.1, -0.05) is 44.5 Å². The van der Waals surface area contributed by atoms with Gasteiger partial charge in [0.05, 0.1) is 11.6 Å². The summed E-state index contributed by atoms with van der Waals surface area (Å²) in [6.07, 6.45) is 0.164. The molecule has 0 saturated heterocycles. The maximum atomic E-state index is 14.3. The van der Waals surface area contributed by atoms with Gasteiger partial charge in [0, 0.05) is 51.4 Å². The van der Waals surface area contributed by atoms with Gasteiger partial charge >= 0.3 is 6.09 Å². The van der Waals surface area contributed by atoms with Gasteiger partial charge in [-0.2, -0.15) is 0 Å². The fourth-order valence-electron chi connectivity index (χ4n) is 5.22. The van der Waals surface area contributed by atoms with Crippen molar-refractivity contribution in [3.63, 3.8) is 0 Å². The summed E-state index contributed by atoms with van der Waals surface area (Å²) in [6, 6.07) is 9.35. The third kappa shape index (κ3) is 7.54. The molecule has 0 atom stereocenters. The third-order valence-electron chi connectivity index (χ3n) is 7.23. The van der Waals surface area contributed by atoms with Crippen LogP contribution in [0.2, 0.25) is 5.02 Å². The van der Waals surface area contributed by atoms with E-state index in [1.807, 2.05) is 26.1 Å². The van der Waals surface area contributed by atoms with E-state index in [0.717, 1.165) is 12.8 Å². The summed E-state index contributed by atoms with van der Waals surface area (Å²) >= 11 is 5.84. The molecule has 1 aromatic heterocycles. The minimum Gasteiger partial charge on any atom is -0.465 e. The smallest absolute Gasteiger partial charge is 0.405 e. The zero-order chi connectivity index (χ0) is 32.3. The van der Waals surface area contributed by atoms with Crippen LogP contribution in [-0.2, 0) is 32.9 Å². The first-order chi connectivity index (χ1) is 20.7. The van der Waals surface area contributed by atoms with Gasteiger partial charge in [0.2, 0.25) is 17.7 Å². The first-order valence-corrected chi connectivity index (χ1v) is 14.5. The van der Waals surface area contributed by atoms with Crippen LogP contribution < -0.4 is 16.0 Å². The highest BCUT2D eigenvalue weighted by molar-refractivity contribution is 6.30. The second kappa shape index (κ2) is 13.0. The standard InChI is InChI=1S/C31H35ClFN5O6/c1-17(39)27-21-12-19(36-24(40)14-35-30(43)44)8-11-23(21)38(29(27)31(2,3)4)16-26(42)37(20-9-10-20)15-25(41)34-13-18-6-5-7-22(32)28(18)33/h5-8,11-12,20,35H,9-10,13-16H2,1-4H3,(H,34,41)(H,36,40)(H,43,44). The monoisotopic (exact) mass is 627 g/mol. The Balaban J connectivity index is 1.61. The lowest BCUT2D eigenvalue weighted by Crippen LogP contribution is -2.43. The average Bonchev–Trinajstić information content (AvgIpc) is 3.72. The molecule has 0 spiro atoms. The number of Topliss-reactive ketones (excluding diaryl/α,β-unsaturated/α-hetero) is 1. The van der Waals surface area contributed by atoms with Gasteiger partial charge in [-0.25, -0.2) is 9.18 Å². The Bertz CT molecular complexity index is 1640. The molecular formula is C31H35ClFN5O6. The van der Waals surface area contributed by atoms with Crippen molar-refractivity contribution < 1.29 is 33.5 Å². The number of carbonyl (C=O) groups is 5. The number of nitrogens with zero attached hydrogens (tertiary/aromatic N) is 2. The first-order valence-electron chi connectivity index (χ1n) is 14.1. The van der Waals surface area contributed by atoms with E-state index < -0.39 is 35.7 Å². The highest BCUT2D eigenvalue weighted by Crippen LogP contribution is 2.37. The van der Waals surface area contributed by atoms with Gasteiger partial charge in [0.15, 0.2) is 5.78 Å². The summed E-state index contributed by atoms with van der Waals surface area (Å²) in [4.78, 5) is 64.1. The Morgan fingerprint density at radius 3 is 2.39 bits per heavy atom. The number of fused-ring (bicyclic) bond motifs is 1. The van der Waals surface area contributed by atoms with Crippen molar-refractivity contribution in [1.82, 2.24) is 20.1 Å². The lowest BCUT2D eigenvalue weighted by molar-refractivity contribution is -0.137. The van der Waals surface area contributed by atoms with Crippen molar-refractivity contribution in [1.29, 1.82) is 0 Å². The van der Waals surface area contributed by atoms with Crippen LogP contribution in [0, 0.1) is 5.82 Å². The molecule has 11 nitrogen and oxygen atoms in total. The number of hydrogen-bond donors (Lipinski definition) is 4. The zero-order valence-corrected chi connectivity index (χ0v) is 25.7. The summed E-state index contributed by atoms with van der Waals surface area (Å²) in [7, 11) is 0. The quantitative estimate of drug-likeness (QED) is 0.231. The molecule has 0 unspecified atom stereocenters. The van der Waals surface area contributed by atoms with Crippen LogP contribution in [0.3, 0.4) is 0 Å². The van der Waals surface area contributed by atoms with Crippen molar-refractivity contribution in [2.24, 2.45) is 0 Å². The molecule has 0 bridgehead atoms. The number of carboxylic acid groups (broad SMARTS) is 1. The Morgan fingerprint density at radius 2 is 1.77 bits per heavy atom. The predicted molar refractivity (Wildman–Crippen MR) is 163 cm³/mol. The Hall–Kier alpha value is -4.45. The van der Waals surface area contributed by atoms with Crippen LogP contribution in [0.5, 0.6) is 0 Å². The molecule has 44 heavy (non-hydrogen) atoms. The summed E-state index contributed by atoms with van der Waals surface area (Å²) in [5.74, 6) is -2.18. The van der Waals surface area contributed by atoms with Gasteiger partial charge in [0.25, 0.3) is 0 Å². The topological polar surface area (TPSA) is 150 Å². The van der Waals surface area contributed by atoms with Crippen LogP contribution in [-0.4, -0.2) is 63.3 Å². The highest BCUT2D eigenvalue weighted by atomic mass is 35.5. The molecule has 2 aromatic carbocycles. The van der Waals surface area contributed by atoms with Gasteiger partial charge in [-0.3, -0.25) is 19.2 Å². The lowest BCUT2D eigenvalue weighted by Gasteiger charge is -2.26. The average molecular weight is 628 g/mol. The summed E-state index contributed by atoms with van der Waals surface area (Å²) in [5.41, 5.74) is 1.63. The molecule has 234 valence electrons. The number of amides is 4. The molecule has 1 aliphatic rings. The Labute approximate surface area is 258 Å². The second-order valence-electron chi connectivity index (χ2n) is 11.8. The Morgan fingerprint density at radius 1 is 1.07 bits per heavy atom. The molecule has 4 rings (SSSR count). The van der Waals surface area contributed by atoms with Crippen LogP contribution in [0.25, 0.3) is 10.9 Å². The number of aromatic nitrogens is 1. The van der Waals surface area contributed by atoms with E-state index in [-0.39, 0.29) is 48.0 Å². The molecule has 1 heterocycles. The van der Waals surface area contributed by atoms with E-state index in [4.69, 9.17) is 16.7 Å². The number of rotatable bonds is 11. The van der Waals surface area contributed by atoms with E-state index in [9.17, 15) is 28.4 Å². The second-order valence-corrected chi connectivity index (χ2v) is 12.2.